The zero-order valence-electron chi connectivity index (χ0n) is 8.58. The molecule has 9 heavy (non-hydrogen) atoms. The van der Waals surface area contributed by atoms with Gasteiger partial charge in [-0.1, -0.05) is 33.5 Å². The molecule has 0 aliphatic rings. The van der Waals surface area contributed by atoms with Gasteiger partial charge in [-0.25, -0.2) is 0 Å². The van der Waals surface area contributed by atoms with Crippen LogP contribution in [-0.2, 0) is 0 Å². The van der Waals surface area contributed by atoms with E-state index in [2.05, 4.69) is 38.5 Å². The van der Waals surface area contributed by atoms with Gasteiger partial charge < -0.3 is 6.41 Å². The predicted octanol–water partition coefficient (Wildman–Crippen LogP) is -1.06. The first-order chi connectivity index (χ1) is 3.42. The Labute approximate surface area is 73.4 Å². The summed E-state index contributed by atoms with van der Waals surface area (Å²) in [5.74, 6) is 0. The fourth-order valence-corrected chi connectivity index (χ4v) is 2.60. The molecule has 0 fully saturated rings. The largest absolute Gasteiger partial charge is 1.00 e. The molecule has 0 saturated heterocycles. The SMILES string of the molecule is CC(C)N[Si](C)(C)C.[H-].[Li+]. The van der Waals surface area contributed by atoms with Gasteiger partial charge >= 0.3 is 18.9 Å². The summed E-state index contributed by atoms with van der Waals surface area (Å²) in [5.41, 5.74) is 0. The van der Waals surface area contributed by atoms with Crippen molar-refractivity contribution in [2.24, 2.45) is 0 Å². The summed E-state index contributed by atoms with van der Waals surface area (Å²) in [5, 5.41) is 0. The topological polar surface area (TPSA) is 12.0 Å². The first-order valence-electron chi connectivity index (χ1n) is 3.19. The summed E-state index contributed by atoms with van der Waals surface area (Å²) in [4.78, 5) is 3.52. The molecule has 0 radical (unpaired) electrons. The third kappa shape index (κ3) is 12.1. The van der Waals surface area contributed by atoms with Crippen molar-refractivity contribution in [1.82, 2.24) is 4.98 Å². The molecule has 0 aromatic rings. The second kappa shape index (κ2) is 4.57. The van der Waals surface area contributed by atoms with E-state index < -0.39 is 8.24 Å². The summed E-state index contributed by atoms with van der Waals surface area (Å²) in [6, 6.07) is 0.654. The molecule has 0 aliphatic carbocycles. The van der Waals surface area contributed by atoms with Crippen LogP contribution >= 0.6 is 0 Å². The maximum absolute atomic E-state index is 3.52. The van der Waals surface area contributed by atoms with E-state index in [4.69, 9.17) is 0 Å². The number of rotatable bonds is 2. The van der Waals surface area contributed by atoms with Gasteiger partial charge in [-0.2, -0.15) is 0 Å². The summed E-state index contributed by atoms with van der Waals surface area (Å²) < 4.78 is 0. The minimum Gasteiger partial charge on any atom is -1.00 e. The van der Waals surface area contributed by atoms with E-state index in [1.165, 1.54) is 0 Å². The Balaban J connectivity index is -0.000000245. The number of hydrogen-bond donors (Lipinski definition) is 1. The predicted molar refractivity (Wildman–Crippen MR) is 42.7 cm³/mol. The minimum absolute atomic E-state index is 0. The van der Waals surface area contributed by atoms with Crippen LogP contribution in [0.5, 0.6) is 0 Å². The first kappa shape index (κ1) is 12.5. The van der Waals surface area contributed by atoms with Crippen LogP contribution in [0.3, 0.4) is 0 Å². The molecule has 0 saturated carbocycles. The molecule has 52 valence electrons. The van der Waals surface area contributed by atoms with Crippen LogP contribution in [0.4, 0.5) is 0 Å². The van der Waals surface area contributed by atoms with Crippen LogP contribution < -0.4 is 23.8 Å². The Morgan fingerprint density at radius 2 is 1.56 bits per heavy atom. The van der Waals surface area contributed by atoms with Gasteiger partial charge in [-0.05, 0) is 6.04 Å². The van der Waals surface area contributed by atoms with Crippen LogP contribution in [0, 0.1) is 0 Å². The summed E-state index contributed by atoms with van der Waals surface area (Å²) in [7, 11) is -0.970. The Bertz CT molecular complexity index is 72.6. The van der Waals surface area contributed by atoms with Gasteiger partial charge in [0.1, 0.15) is 8.24 Å². The molecule has 1 N–H and O–H groups in total. The van der Waals surface area contributed by atoms with E-state index in [1.54, 1.807) is 0 Å². The average molecular weight is 139 g/mol. The van der Waals surface area contributed by atoms with Gasteiger partial charge in [-0.15, -0.1) is 0 Å². The molecule has 3 heteroatoms. The molecular formula is C6H18LiNSi. The normalized spacial score (nSPS) is 11.3. The molecule has 0 spiro atoms. The second-order valence-electron chi connectivity index (χ2n) is 3.55. The van der Waals surface area contributed by atoms with Crippen molar-refractivity contribution in [2.45, 2.75) is 39.5 Å². The summed E-state index contributed by atoms with van der Waals surface area (Å²) in [6.45, 7) is 11.3. The Hall–Kier alpha value is 0.774. The molecule has 0 amide bonds. The van der Waals surface area contributed by atoms with Crippen LogP contribution in [-0.4, -0.2) is 14.3 Å². The average Bonchev–Trinajstić information content (AvgIpc) is 1.21. The molecule has 0 heterocycles. The number of hydrogen-bond acceptors (Lipinski definition) is 1. The van der Waals surface area contributed by atoms with Crippen molar-refractivity contribution < 1.29 is 20.3 Å². The molecular weight excluding hydrogens is 121 g/mol. The zero-order valence-corrected chi connectivity index (χ0v) is 8.58. The van der Waals surface area contributed by atoms with Crippen molar-refractivity contribution in [2.75, 3.05) is 0 Å². The quantitative estimate of drug-likeness (QED) is 0.481. The van der Waals surface area contributed by atoms with Crippen molar-refractivity contribution in [3.8, 4) is 0 Å². The van der Waals surface area contributed by atoms with E-state index >= 15 is 0 Å². The van der Waals surface area contributed by atoms with Gasteiger partial charge in [0.25, 0.3) is 0 Å². The third-order valence-electron chi connectivity index (χ3n) is 0.722. The van der Waals surface area contributed by atoms with Gasteiger partial charge in [0.2, 0.25) is 0 Å². The van der Waals surface area contributed by atoms with Crippen molar-refractivity contribution in [3.05, 3.63) is 0 Å². The molecule has 0 bridgehead atoms. The van der Waals surface area contributed by atoms with E-state index in [1.807, 2.05) is 0 Å². The Kier molecular flexibility index (Phi) is 6.32. The van der Waals surface area contributed by atoms with Crippen molar-refractivity contribution in [1.29, 1.82) is 0 Å². The standard InChI is InChI=1S/C6H17NSi.Li.H/c1-6(2)7-8(3,4)5;;/h6-7H,1-5H3;;/q;+1;-1. The van der Waals surface area contributed by atoms with Gasteiger partial charge in [0.15, 0.2) is 0 Å². The second-order valence-corrected chi connectivity index (χ2v) is 8.34. The molecule has 1 nitrogen and oxygen atoms in total. The van der Waals surface area contributed by atoms with Gasteiger partial charge in [0, 0.05) is 0 Å². The summed E-state index contributed by atoms with van der Waals surface area (Å²) >= 11 is 0. The molecule has 0 unspecified atom stereocenters. The maximum atomic E-state index is 3.52. The van der Waals surface area contributed by atoms with Gasteiger partial charge in [0.05, 0.1) is 0 Å². The van der Waals surface area contributed by atoms with E-state index in [0.717, 1.165) is 0 Å². The minimum atomic E-state index is -0.970. The molecule has 0 aliphatic heterocycles. The fraction of sp³-hybridized carbons (Fsp3) is 1.00. The third-order valence-corrected chi connectivity index (χ3v) is 2.17. The molecule has 0 atom stereocenters. The fourth-order valence-electron chi connectivity index (χ4n) is 0.866. The van der Waals surface area contributed by atoms with E-state index in [0.29, 0.717) is 6.04 Å². The molecule has 0 aromatic carbocycles. The molecule has 0 aromatic heterocycles. The maximum Gasteiger partial charge on any atom is 1.00 e. The number of nitrogens with one attached hydrogen (secondary N) is 1. The smallest absolute Gasteiger partial charge is 1.00 e. The van der Waals surface area contributed by atoms with Gasteiger partial charge in [-0.3, -0.25) is 0 Å². The van der Waals surface area contributed by atoms with Crippen LogP contribution in [0.1, 0.15) is 15.3 Å². The molecule has 0 rings (SSSR count). The first-order valence-corrected chi connectivity index (χ1v) is 6.69. The van der Waals surface area contributed by atoms with Crippen molar-refractivity contribution >= 4 is 8.24 Å². The monoisotopic (exact) mass is 139 g/mol. The zero-order chi connectivity index (χ0) is 6.78. The van der Waals surface area contributed by atoms with E-state index in [9.17, 15) is 0 Å². The van der Waals surface area contributed by atoms with Crippen LogP contribution in [0.2, 0.25) is 19.6 Å². The van der Waals surface area contributed by atoms with Crippen LogP contribution in [0.25, 0.3) is 0 Å². The van der Waals surface area contributed by atoms with E-state index in [-0.39, 0.29) is 20.3 Å². The Morgan fingerprint density at radius 1 is 1.22 bits per heavy atom. The summed E-state index contributed by atoms with van der Waals surface area (Å²) in [6.07, 6.45) is 0. The van der Waals surface area contributed by atoms with Crippen molar-refractivity contribution in [3.63, 3.8) is 0 Å². The Morgan fingerprint density at radius 3 is 1.56 bits per heavy atom. The van der Waals surface area contributed by atoms with Crippen LogP contribution in [0.15, 0.2) is 0 Å².